The van der Waals surface area contributed by atoms with Gasteiger partial charge in [-0.2, -0.15) is 0 Å². The topological polar surface area (TPSA) is 81.6 Å². The highest BCUT2D eigenvalue weighted by molar-refractivity contribution is 5.96. The summed E-state index contributed by atoms with van der Waals surface area (Å²) in [6.45, 7) is 5.19. The monoisotopic (exact) mass is 341 g/mol. The van der Waals surface area contributed by atoms with E-state index in [0.29, 0.717) is 42.9 Å². The molecule has 130 valence electrons. The Morgan fingerprint density at radius 3 is 2.84 bits per heavy atom. The van der Waals surface area contributed by atoms with Crippen LogP contribution in [0.25, 0.3) is 11.0 Å². The van der Waals surface area contributed by atoms with Gasteiger partial charge in [-0.05, 0) is 12.1 Å². The van der Waals surface area contributed by atoms with Gasteiger partial charge < -0.3 is 18.5 Å². The summed E-state index contributed by atoms with van der Waals surface area (Å²) in [6, 6.07) is 8.90. The van der Waals surface area contributed by atoms with E-state index in [0.717, 1.165) is 5.39 Å². The lowest BCUT2D eigenvalue weighted by atomic mass is 10.2. The molecule has 1 aliphatic heterocycles. The normalized spacial score (nSPS) is 18.2. The summed E-state index contributed by atoms with van der Waals surface area (Å²) >= 11 is 0. The van der Waals surface area contributed by atoms with E-state index in [1.54, 1.807) is 11.0 Å². The van der Waals surface area contributed by atoms with E-state index >= 15 is 0 Å². The van der Waals surface area contributed by atoms with Gasteiger partial charge in [0.1, 0.15) is 11.6 Å². The number of nitrogens with zero attached hydrogens (tertiary/aromatic N) is 3. The van der Waals surface area contributed by atoms with Crippen LogP contribution in [0.1, 0.15) is 48.1 Å². The van der Waals surface area contributed by atoms with Crippen molar-refractivity contribution in [3.63, 3.8) is 0 Å². The molecule has 0 radical (unpaired) electrons. The van der Waals surface area contributed by atoms with Crippen LogP contribution in [0.15, 0.2) is 39.2 Å². The van der Waals surface area contributed by atoms with Crippen molar-refractivity contribution in [1.29, 1.82) is 0 Å². The van der Waals surface area contributed by atoms with Gasteiger partial charge in [0.15, 0.2) is 5.76 Å². The van der Waals surface area contributed by atoms with Crippen LogP contribution in [0.4, 0.5) is 0 Å². The molecule has 0 aliphatic carbocycles. The van der Waals surface area contributed by atoms with Gasteiger partial charge in [0.05, 0.1) is 13.2 Å². The number of hydrogen-bond acceptors (Lipinski definition) is 6. The van der Waals surface area contributed by atoms with Crippen molar-refractivity contribution in [3.05, 3.63) is 47.9 Å². The first kappa shape index (κ1) is 15.8. The van der Waals surface area contributed by atoms with E-state index in [9.17, 15) is 4.79 Å². The molecular weight excluding hydrogens is 322 g/mol. The van der Waals surface area contributed by atoms with Gasteiger partial charge >= 0.3 is 0 Å². The number of para-hydroxylation sites is 1. The van der Waals surface area contributed by atoms with Crippen LogP contribution in [0, 0.1) is 0 Å². The second kappa shape index (κ2) is 6.33. The summed E-state index contributed by atoms with van der Waals surface area (Å²) in [5.41, 5.74) is 0.690. The lowest BCUT2D eigenvalue weighted by Crippen LogP contribution is -2.43. The molecule has 2 aromatic heterocycles. The Labute approximate surface area is 144 Å². The summed E-state index contributed by atoms with van der Waals surface area (Å²) in [5, 5.41) is 9.07. The van der Waals surface area contributed by atoms with E-state index in [-0.39, 0.29) is 11.8 Å². The van der Waals surface area contributed by atoms with Crippen molar-refractivity contribution in [2.24, 2.45) is 0 Å². The first-order chi connectivity index (χ1) is 12.1. The molecule has 1 atom stereocenters. The highest BCUT2D eigenvalue weighted by Crippen LogP contribution is 2.28. The molecule has 4 rings (SSSR count). The van der Waals surface area contributed by atoms with Gasteiger partial charge in [-0.15, -0.1) is 10.2 Å². The van der Waals surface area contributed by atoms with E-state index in [1.165, 1.54) is 0 Å². The second-order valence-electron chi connectivity index (χ2n) is 6.37. The number of morpholine rings is 1. The van der Waals surface area contributed by atoms with Crippen molar-refractivity contribution in [1.82, 2.24) is 15.1 Å². The van der Waals surface area contributed by atoms with Crippen LogP contribution >= 0.6 is 0 Å². The largest absolute Gasteiger partial charge is 0.451 e. The fourth-order valence-electron chi connectivity index (χ4n) is 2.89. The Hall–Kier alpha value is -2.67. The number of carbonyl (C=O) groups excluding carboxylic acids is 1. The molecule has 0 saturated carbocycles. The molecule has 1 fully saturated rings. The molecule has 7 nitrogen and oxygen atoms in total. The fraction of sp³-hybridized carbons (Fsp3) is 0.389. The molecule has 7 heteroatoms. The van der Waals surface area contributed by atoms with Crippen molar-refractivity contribution < 1.29 is 18.4 Å². The molecular formula is C18H19N3O4. The van der Waals surface area contributed by atoms with E-state index in [4.69, 9.17) is 13.6 Å². The third kappa shape index (κ3) is 2.91. The number of carbonyl (C=O) groups is 1. The minimum atomic E-state index is -0.408. The van der Waals surface area contributed by atoms with Gasteiger partial charge in [0, 0.05) is 17.8 Å². The van der Waals surface area contributed by atoms with E-state index in [1.807, 2.05) is 38.1 Å². The van der Waals surface area contributed by atoms with Crippen molar-refractivity contribution in [3.8, 4) is 0 Å². The Kier molecular flexibility index (Phi) is 4.01. The SMILES string of the molecule is CC(C)c1nnc(C2COCCN2C(=O)c2cc3ccccc3o2)o1. The van der Waals surface area contributed by atoms with Crippen LogP contribution in [-0.4, -0.2) is 40.8 Å². The minimum absolute atomic E-state index is 0.130. The lowest BCUT2D eigenvalue weighted by Gasteiger charge is -2.32. The predicted molar refractivity (Wildman–Crippen MR) is 89.2 cm³/mol. The number of benzene rings is 1. The highest BCUT2D eigenvalue weighted by Gasteiger charge is 2.34. The maximum Gasteiger partial charge on any atom is 0.290 e. The number of rotatable bonds is 3. The lowest BCUT2D eigenvalue weighted by molar-refractivity contribution is -0.0121. The van der Waals surface area contributed by atoms with Crippen LogP contribution in [0.2, 0.25) is 0 Å². The average molecular weight is 341 g/mol. The molecule has 0 N–H and O–H groups in total. The van der Waals surface area contributed by atoms with Crippen molar-refractivity contribution in [2.75, 3.05) is 19.8 Å². The van der Waals surface area contributed by atoms with Gasteiger partial charge in [-0.1, -0.05) is 32.0 Å². The Balaban J connectivity index is 1.64. The number of amides is 1. The van der Waals surface area contributed by atoms with E-state index < -0.39 is 6.04 Å². The molecule has 1 amide bonds. The van der Waals surface area contributed by atoms with Crippen LogP contribution in [-0.2, 0) is 4.74 Å². The average Bonchev–Trinajstić information content (AvgIpc) is 3.28. The van der Waals surface area contributed by atoms with Gasteiger partial charge in [0.2, 0.25) is 11.8 Å². The van der Waals surface area contributed by atoms with Gasteiger partial charge in [-0.25, -0.2) is 0 Å². The Morgan fingerprint density at radius 1 is 1.24 bits per heavy atom. The van der Waals surface area contributed by atoms with Crippen LogP contribution < -0.4 is 0 Å². The summed E-state index contributed by atoms with van der Waals surface area (Å²) < 4.78 is 17.0. The molecule has 1 saturated heterocycles. The molecule has 3 heterocycles. The smallest absolute Gasteiger partial charge is 0.290 e. The minimum Gasteiger partial charge on any atom is -0.451 e. The summed E-state index contributed by atoms with van der Waals surface area (Å²) in [6.07, 6.45) is 0. The van der Waals surface area contributed by atoms with Crippen LogP contribution in [0.5, 0.6) is 0 Å². The van der Waals surface area contributed by atoms with E-state index in [2.05, 4.69) is 10.2 Å². The third-order valence-corrected chi connectivity index (χ3v) is 4.26. The zero-order chi connectivity index (χ0) is 17.4. The maximum absolute atomic E-state index is 13.0. The summed E-state index contributed by atoms with van der Waals surface area (Å²) in [4.78, 5) is 14.7. The highest BCUT2D eigenvalue weighted by atomic mass is 16.5. The predicted octanol–water partition coefficient (Wildman–Crippen LogP) is 3.15. The zero-order valence-electron chi connectivity index (χ0n) is 14.1. The molecule has 3 aromatic rings. The molecule has 1 aromatic carbocycles. The first-order valence-corrected chi connectivity index (χ1v) is 8.34. The van der Waals surface area contributed by atoms with Crippen LogP contribution in [0.3, 0.4) is 0 Å². The van der Waals surface area contributed by atoms with Gasteiger partial charge in [0.25, 0.3) is 5.91 Å². The zero-order valence-corrected chi connectivity index (χ0v) is 14.1. The van der Waals surface area contributed by atoms with Gasteiger partial charge in [-0.3, -0.25) is 4.79 Å². The molecule has 1 unspecified atom stereocenters. The molecule has 25 heavy (non-hydrogen) atoms. The number of aromatic nitrogens is 2. The number of fused-ring (bicyclic) bond motifs is 1. The Bertz CT molecular complexity index is 866. The van der Waals surface area contributed by atoms with Crippen molar-refractivity contribution >= 4 is 16.9 Å². The summed E-state index contributed by atoms with van der Waals surface area (Å²) in [7, 11) is 0. The molecule has 1 aliphatic rings. The van der Waals surface area contributed by atoms with Crippen molar-refractivity contribution in [2.45, 2.75) is 25.8 Å². The fourth-order valence-corrected chi connectivity index (χ4v) is 2.89. The first-order valence-electron chi connectivity index (χ1n) is 8.34. The number of hydrogen-bond donors (Lipinski definition) is 0. The second-order valence-corrected chi connectivity index (χ2v) is 6.37. The summed E-state index contributed by atoms with van der Waals surface area (Å²) in [5.74, 6) is 1.18. The number of furan rings is 1. The molecule has 0 spiro atoms. The maximum atomic E-state index is 13.0. The number of ether oxygens (including phenoxy) is 1. The standard InChI is InChI=1S/C18H19N3O4/c1-11(2)16-19-20-17(25-16)13-10-23-8-7-21(13)18(22)15-9-12-5-3-4-6-14(12)24-15/h3-6,9,11,13H,7-8,10H2,1-2H3. The Morgan fingerprint density at radius 2 is 2.08 bits per heavy atom. The third-order valence-electron chi connectivity index (χ3n) is 4.26. The quantitative estimate of drug-likeness (QED) is 0.728. The molecule has 0 bridgehead atoms.